The van der Waals surface area contributed by atoms with E-state index in [-0.39, 0.29) is 11.9 Å². The van der Waals surface area contributed by atoms with Crippen LogP contribution in [0.15, 0.2) is 18.2 Å². The minimum atomic E-state index is 0.120. The van der Waals surface area contributed by atoms with Gasteiger partial charge in [-0.1, -0.05) is 0 Å². The van der Waals surface area contributed by atoms with Crippen LogP contribution in [0.3, 0.4) is 0 Å². The van der Waals surface area contributed by atoms with E-state index in [1.54, 1.807) is 19.2 Å². The maximum absolute atomic E-state index is 10.1. The van der Waals surface area contributed by atoms with Crippen molar-refractivity contribution in [2.45, 2.75) is 32.0 Å². The highest BCUT2D eigenvalue weighted by molar-refractivity contribution is 5.75. The van der Waals surface area contributed by atoms with Gasteiger partial charge in [-0.3, -0.25) is 0 Å². The van der Waals surface area contributed by atoms with E-state index in [9.17, 15) is 5.11 Å². The van der Waals surface area contributed by atoms with Gasteiger partial charge in [0.1, 0.15) is 17.3 Å². The summed E-state index contributed by atoms with van der Waals surface area (Å²) in [5.74, 6) is 2.58. The molecule has 0 amide bonds. The Balaban J connectivity index is 1.68. The Kier molecular flexibility index (Phi) is 4.50. The van der Waals surface area contributed by atoms with Gasteiger partial charge in [-0.15, -0.1) is 0 Å². The summed E-state index contributed by atoms with van der Waals surface area (Å²) in [6.45, 7) is 4.16. The molecule has 0 spiro atoms. The van der Waals surface area contributed by atoms with E-state index < -0.39 is 0 Å². The molecule has 2 aromatic rings. The molecule has 1 atom stereocenters. The fourth-order valence-electron chi connectivity index (χ4n) is 3.50. The van der Waals surface area contributed by atoms with Crippen LogP contribution in [0.5, 0.6) is 11.5 Å². The number of rotatable bonds is 5. The molecule has 0 aliphatic carbocycles. The number of imidazole rings is 1. The van der Waals surface area contributed by atoms with E-state index in [0.29, 0.717) is 5.75 Å². The van der Waals surface area contributed by atoms with Gasteiger partial charge in [0.05, 0.1) is 19.8 Å². The van der Waals surface area contributed by atoms with Crippen LogP contribution in [-0.4, -0.2) is 47.6 Å². The number of nitrogens with one attached hydrogen (secondary N) is 2. The number of phenolic OH excluding ortho intramolecular Hbond substituents is 1. The number of aromatic hydroxyl groups is 1. The average Bonchev–Trinajstić information content (AvgIpc) is 3.27. The van der Waals surface area contributed by atoms with E-state index in [4.69, 9.17) is 14.5 Å². The minimum Gasteiger partial charge on any atom is -0.504 e. The van der Waals surface area contributed by atoms with Gasteiger partial charge in [0, 0.05) is 31.8 Å². The molecule has 7 nitrogen and oxygen atoms in total. The summed E-state index contributed by atoms with van der Waals surface area (Å²) in [5.41, 5.74) is 1.73. The van der Waals surface area contributed by atoms with Crippen molar-refractivity contribution in [3.63, 3.8) is 0 Å². The van der Waals surface area contributed by atoms with Gasteiger partial charge in [-0.2, -0.15) is 0 Å². The zero-order valence-corrected chi connectivity index (χ0v) is 14.4. The lowest BCUT2D eigenvalue weighted by molar-refractivity contribution is 0.120. The third kappa shape index (κ3) is 3.17. The van der Waals surface area contributed by atoms with Gasteiger partial charge in [-0.25, -0.2) is 4.98 Å². The van der Waals surface area contributed by atoms with Crippen LogP contribution in [0.1, 0.15) is 18.7 Å². The molecule has 2 aliphatic rings. The number of aromatic nitrogens is 2. The molecule has 1 saturated heterocycles. The number of phenols is 1. The second-order valence-electron chi connectivity index (χ2n) is 6.46. The third-order valence-electron chi connectivity index (χ3n) is 4.82. The number of benzene rings is 1. The van der Waals surface area contributed by atoms with Gasteiger partial charge in [0.2, 0.25) is 0 Å². The Morgan fingerprint density at radius 1 is 1.48 bits per heavy atom. The van der Waals surface area contributed by atoms with E-state index in [0.717, 1.165) is 68.5 Å². The molecule has 1 unspecified atom stereocenters. The first-order valence-electron chi connectivity index (χ1n) is 8.79. The highest BCUT2D eigenvalue weighted by Gasteiger charge is 2.23. The van der Waals surface area contributed by atoms with Gasteiger partial charge in [0.15, 0.2) is 11.5 Å². The summed E-state index contributed by atoms with van der Waals surface area (Å²) in [6.07, 6.45) is 2.47. The zero-order chi connectivity index (χ0) is 17.2. The van der Waals surface area contributed by atoms with Crippen molar-refractivity contribution in [2.24, 2.45) is 0 Å². The summed E-state index contributed by atoms with van der Waals surface area (Å²) in [4.78, 5) is 4.81. The molecular formula is C18H24N4O3. The van der Waals surface area contributed by atoms with E-state index >= 15 is 0 Å². The summed E-state index contributed by atoms with van der Waals surface area (Å²) in [6, 6.07) is 5.40. The maximum Gasteiger partial charge on any atom is 0.160 e. The van der Waals surface area contributed by atoms with Crippen molar-refractivity contribution in [1.82, 2.24) is 14.9 Å². The number of anilines is 1. The van der Waals surface area contributed by atoms with Crippen LogP contribution >= 0.6 is 0 Å². The number of hydrogen-bond donors (Lipinski definition) is 3. The summed E-state index contributed by atoms with van der Waals surface area (Å²) >= 11 is 0. The van der Waals surface area contributed by atoms with Gasteiger partial charge < -0.3 is 29.8 Å². The Labute approximate surface area is 147 Å². The fourth-order valence-corrected chi connectivity index (χ4v) is 3.50. The molecule has 1 aromatic heterocycles. The number of methoxy groups -OCH3 is 1. The van der Waals surface area contributed by atoms with E-state index in [2.05, 4.69) is 15.2 Å². The quantitative estimate of drug-likeness (QED) is 0.769. The number of hydrogen-bond acceptors (Lipinski definition) is 6. The number of ether oxygens (including phenoxy) is 2. The van der Waals surface area contributed by atoms with Gasteiger partial charge in [-0.05, 0) is 31.0 Å². The molecule has 1 fully saturated rings. The summed E-state index contributed by atoms with van der Waals surface area (Å²) in [5, 5.41) is 17.0. The van der Waals surface area contributed by atoms with Crippen molar-refractivity contribution < 1.29 is 14.6 Å². The average molecular weight is 344 g/mol. The molecule has 4 rings (SSSR count). The Morgan fingerprint density at radius 3 is 3.16 bits per heavy atom. The van der Waals surface area contributed by atoms with E-state index in [1.165, 1.54) is 0 Å². The minimum absolute atomic E-state index is 0.120. The molecule has 2 aliphatic heterocycles. The van der Waals surface area contributed by atoms with Crippen LogP contribution in [0.25, 0.3) is 11.3 Å². The Morgan fingerprint density at radius 2 is 2.40 bits per heavy atom. The number of nitrogens with zero attached hydrogens (tertiary/aromatic N) is 2. The Hall–Kier alpha value is -2.25. The fraction of sp³-hybridized carbons (Fsp3) is 0.500. The first-order chi connectivity index (χ1) is 12.3. The predicted octanol–water partition coefficient (Wildman–Crippen LogP) is 1.96. The van der Waals surface area contributed by atoms with E-state index in [1.807, 2.05) is 6.07 Å². The second kappa shape index (κ2) is 6.93. The smallest absolute Gasteiger partial charge is 0.160 e. The first-order valence-corrected chi connectivity index (χ1v) is 8.79. The van der Waals surface area contributed by atoms with Crippen molar-refractivity contribution >= 4 is 5.82 Å². The van der Waals surface area contributed by atoms with Gasteiger partial charge >= 0.3 is 0 Å². The monoisotopic (exact) mass is 344 g/mol. The van der Waals surface area contributed by atoms with Crippen molar-refractivity contribution in [3.8, 4) is 22.8 Å². The second-order valence-corrected chi connectivity index (χ2v) is 6.46. The SMILES string of the molecule is COc1ccc(-c2nc3n(c2NCC2CCCO2)CCNC3)cc1O. The highest BCUT2D eigenvalue weighted by atomic mass is 16.5. The van der Waals surface area contributed by atoms with Crippen LogP contribution in [-0.2, 0) is 17.8 Å². The summed E-state index contributed by atoms with van der Waals surface area (Å²) < 4.78 is 13.1. The lowest BCUT2D eigenvalue weighted by Crippen LogP contribution is -2.29. The normalized spacial score (nSPS) is 19.6. The Bertz CT molecular complexity index is 753. The number of fused-ring (bicyclic) bond motifs is 1. The highest BCUT2D eigenvalue weighted by Crippen LogP contribution is 2.35. The van der Waals surface area contributed by atoms with Crippen LogP contribution in [0, 0.1) is 0 Å². The van der Waals surface area contributed by atoms with Crippen molar-refractivity contribution in [2.75, 3.05) is 32.1 Å². The van der Waals surface area contributed by atoms with Crippen molar-refractivity contribution in [1.29, 1.82) is 0 Å². The molecule has 1 aromatic carbocycles. The predicted molar refractivity (Wildman–Crippen MR) is 95.1 cm³/mol. The topological polar surface area (TPSA) is 80.6 Å². The van der Waals surface area contributed by atoms with Crippen LogP contribution < -0.4 is 15.4 Å². The molecule has 3 N–H and O–H groups in total. The van der Waals surface area contributed by atoms with Crippen LogP contribution in [0.2, 0.25) is 0 Å². The lowest BCUT2D eigenvalue weighted by atomic mass is 10.1. The lowest BCUT2D eigenvalue weighted by Gasteiger charge is -2.19. The molecule has 134 valence electrons. The molecule has 3 heterocycles. The van der Waals surface area contributed by atoms with Crippen LogP contribution in [0.4, 0.5) is 5.82 Å². The molecule has 0 radical (unpaired) electrons. The first kappa shape index (κ1) is 16.2. The molecule has 0 bridgehead atoms. The standard InChI is InChI=1S/C18H24N4O3/c1-24-15-5-4-12(9-14(15)23)17-18(20-10-13-3-2-8-25-13)22-7-6-19-11-16(22)21-17/h4-5,9,13,19-20,23H,2-3,6-8,10-11H2,1H3. The third-order valence-corrected chi connectivity index (χ3v) is 4.82. The maximum atomic E-state index is 10.1. The zero-order valence-electron chi connectivity index (χ0n) is 14.4. The molecule has 0 saturated carbocycles. The molecule has 25 heavy (non-hydrogen) atoms. The molecular weight excluding hydrogens is 320 g/mol. The summed E-state index contributed by atoms with van der Waals surface area (Å²) in [7, 11) is 1.55. The van der Waals surface area contributed by atoms with Gasteiger partial charge in [0.25, 0.3) is 0 Å². The van der Waals surface area contributed by atoms with Crippen molar-refractivity contribution in [3.05, 3.63) is 24.0 Å². The largest absolute Gasteiger partial charge is 0.504 e. The molecule has 7 heteroatoms.